The van der Waals surface area contributed by atoms with Crippen LogP contribution in [0.25, 0.3) is 0 Å². The van der Waals surface area contributed by atoms with Crippen molar-refractivity contribution in [3.63, 3.8) is 0 Å². The summed E-state index contributed by atoms with van der Waals surface area (Å²) in [6.45, 7) is 0. The smallest absolute Gasteiger partial charge is 0.272 e. The lowest BCUT2D eigenvalue weighted by Gasteiger charge is -2.10. The number of rotatable bonds is 6. The Morgan fingerprint density at radius 1 is 1.05 bits per heavy atom. The highest BCUT2D eigenvalue weighted by atomic mass is 16.6. The van der Waals surface area contributed by atoms with Crippen molar-refractivity contribution in [3.8, 4) is 0 Å². The van der Waals surface area contributed by atoms with E-state index in [1.165, 1.54) is 6.07 Å². The highest BCUT2D eigenvalue weighted by molar-refractivity contribution is 5.40. The van der Waals surface area contributed by atoms with Crippen molar-refractivity contribution in [2.24, 2.45) is 0 Å². The van der Waals surface area contributed by atoms with E-state index in [0.29, 0.717) is 18.4 Å². The molecule has 1 atom stereocenters. The molecular weight excluding hydrogens is 254 g/mol. The number of nitro benzene ring substituents is 1. The summed E-state index contributed by atoms with van der Waals surface area (Å²) in [5.74, 6) is 0. The topological polar surface area (TPSA) is 63.4 Å². The molecule has 20 heavy (non-hydrogen) atoms. The molecule has 0 bridgehead atoms. The summed E-state index contributed by atoms with van der Waals surface area (Å²) in [4.78, 5) is 10.5. The molecule has 2 aromatic rings. The zero-order valence-corrected chi connectivity index (χ0v) is 11.1. The van der Waals surface area contributed by atoms with E-state index in [4.69, 9.17) is 0 Å². The molecule has 0 heterocycles. The normalized spacial score (nSPS) is 12.1. The van der Waals surface area contributed by atoms with Crippen molar-refractivity contribution in [2.75, 3.05) is 0 Å². The van der Waals surface area contributed by atoms with Crippen molar-refractivity contribution in [1.82, 2.24) is 0 Å². The van der Waals surface area contributed by atoms with Crippen LogP contribution in [0.2, 0.25) is 0 Å². The van der Waals surface area contributed by atoms with E-state index in [9.17, 15) is 15.2 Å². The van der Waals surface area contributed by atoms with Gasteiger partial charge in [-0.3, -0.25) is 10.1 Å². The van der Waals surface area contributed by atoms with E-state index in [-0.39, 0.29) is 5.69 Å². The van der Waals surface area contributed by atoms with Gasteiger partial charge in [-0.1, -0.05) is 48.5 Å². The van der Waals surface area contributed by atoms with Gasteiger partial charge in [0.1, 0.15) is 0 Å². The maximum absolute atomic E-state index is 10.9. The number of hydrogen-bond donors (Lipinski definition) is 1. The molecule has 0 amide bonds. The first-order chi connectivity index (χ1) is 9.66. The number of para-hydroxylation sites is 1. The average molecular weight is 271 g/mol. The molecule has 2 aromatic carbocycles. The van der Waals surface area contributed by atoms with Gasteiger partial charge in [0.2, 0.25) is 0 Å². The lowest BCUT2D eigenvalue weighted by Crippen LogP contribution is -2.12. The van der Waals surface area contributed by atoms with Gasteiger partial charge in [-0.2, -0.15) is 0 Å². The Bertz CT molecular complexity index is 569. The molecule has 104 valence electrons. The second-order valence-corrected chi connectivity index (χ2v) is 4.77. The van der Waals surface area contributed by atoms with Crippen LogP contribution in [0.15, 0.2) is 54.6 Å². The maximum atomic E-state index is 10.9. The number of aliphatic hydroxyl groups is 1. The third-order valence-corrected chi connectivity index (χ3v) is 3.25. The monoisotopic (exact) mass is 271 g/mol. The third kappa shape index (κ3) is 3.90. The van der Waals surface area contributed by atoms with Crippen LogP contribution in [0, 0.1) is 10.1 Å². The molecule has 0 spiro atoms. The van der Waals surface area contributed by atoms with Crippen LogP contribution < -0.4 is 0 Å². The Hall–Kier alpha value is -2.20. The molecule has 0 saturated carbocycles. The van der Waals surface area contributed by atoms with Gasteiger partial charge in [-0.15, -0.1) is 0 Å². The fraction of sp³-hybridized carbons (Fsp3) is 0.250. The first kappa shape index (κ1) is 14.2. The maximum Gasteiger partial charge on any atom is 0.272 e. The van der Waals surface area contributed by atoms with E-state index in [1.807, 2.05) is 30.3 Å². The average Bonchev–Trinajstić information content (AvgIpc) is 2.46. The van der Waals surface area contributed by atoms with Gasteiger partial charge in [-0.25, -0.2) is 0 Å². The van der Waals surface area contributed by atoms with E-state index < -0.39 is 11.0 Å². The fourth-order valence-electron chi connectivity index (χ4n) is 2.20. The molecule has 4 nitrogen and oxygen atoms in total. The zero-order valence-electron chi connectivity index (χ0n) is 11.1. The van der Waals surface area contributed by atoms with Crippen LogP contribution in [0.3, 0.4) is 0 Å². The number of hydrogen-bond acceptors (Lipinski definition) is 3. The second-order valence-electron chi connectivity index (χ2n) is 4.77. The van der Waals surface area contributed by atoms with E-state index in [2.05, 4.69) is 0 Å². The molecule has 4 heteroatoms. The van der Waals surface area contributed by atoms with Crippen LogP contribution >= 0.6 is 0 Å². The Morgan fingerprint density at radius 3 is 2.40 bits per heavy atom. The van der Waals surface area contributed by atoms with Crippen molar-refractivity contribution in [1.29, 1.82) is 0 Å². The molecule has 0 saturated heterocycles. The molecular formula is C16H17NO3. The minimum absolute atomic E-state index is 0.0752. The molecule has 0 aliphatic carbocycles. The predicted molar refractivity (Wildman–Crippen MR) is 77.6 cm³/mol. The highest BCUT2D eigenvalue weighted by Crippen LogP contribution is 2.20. The van der Waals surface area contributed by atoms with Crippen molar-refractivity contribution in [2.45, 2.75) is 25.4 Å². The largest absolute Gasteiger partial charge is 0.393 e. The van der Waals surface area contributed by atoms with Crippen molar-refractivity contribution < 1.29 is 10.0 Å². The van der Waals surface area contributed by atoms with E-state index >= 15 is 0 Å². The molecule has 0 aliphatic heterocycles. The quantitative estimate of drug-likeness (QED) is 0.648. The van der Waals surface area contributed by atoms with Crippen LogP contribution in [-0.4, -0.2) is 16.1 Å². The summed E-state index contributed by atoms with van der Waals surface area (Å²) >= 11 is 0. The summed E-state index contributed by atoms with van der Waals surface area (Å²) < 4.78 is 0. The molecule has 1 unspecified atom stereocenters. The van der Waals surface area contributed by atoms with Crippen LogP contribution in [0.4, 0.5) is 5.69 Å². The Morgan fingerprint density at radius 2 is 1.70 bits per heavy atom. The number of nitro groups is 1. The fourth-order valence-corrected chi connectivity index (χ4v) is 2.20. The molecule has 1 N–H and O–H groups in total. The predicted octanol–water partition coefficient (Wildman–Crippen LogP) is 3.13. The van der Waals surface area contributed by atoms with Crippen molar-refractivity contribution >= 4 is 5.69 Å². The molecule has 0 fully saturated rings. The Labute approximate surface area is 117 Å². The molecule has 0 aliphatic rings. The summed E-state index contributed by atoms with van der Waals surface area (Å²) in [7, 11) is 0. The number of nitrogens with zero attached hydrogens (tertiary/aromatic N) is 1. The summed E-state index contributed by atoms with van der Waals surface area (Å²) in [5.41, 5.74) is 1.82. The van der Waals surface area contributed by atoms with Gasteiger partial charge in [0.15, 0.2) is 0 Å². The minimum Gasteiger partial charge on any atom is -0.393 e. The van der Waals surface area contributed by atoms with Gasteiger partial charge in [-0.05, 0) is 18.4 Å². The Kier molecular flexibility index (Phi) is 4.85. The van der Waals surface area contributed by atoms with E-state index in [1.54, 1.807) is 18.2 Å². The molecule has 0 radical (unpaired) electrons. The summed E-state index contributed by atoms with van der Waals surface area (Å²) in [6.07, 6.45) is 1.10. The Balaban J connectivity index is 1.95. The standard InChI is InChI=1S/C16H17NO3/c18-15(11-10-13-6-2-1-3-7-13)12-14-8-4-5-9-16(14)17(19)20/h1-9,15,18H,10-12H2. The van der Waals surface area contributed by atoms with Crippen LogP contribution in [0.1, 0.15) is 17.5 Å². The summed E-state index contributed by atoms with van der Waals surface area (Å²) in [5, 5.41) is 21.0. The molecule has 2 rings (SSSR count). The summed E-state index contributed by atoms with van der Waals surface area (Å²) in [6, 6.07) is 16.5. The van der Waals surface area contributed by atoms with Crippen molar-refractivity contribution in [3.05, 3.63) is 75.8 Å². The van der Waals surface area contributed by atoms with E-state index in [0.717, 1.165) is 12.0 Å². The minimum atomic E-state index is -0.573. The highest BCUT2D eigenvalue weighted by Gasteiger charge is 2.15. The van der Waals surface area contributed by atoms with Crippen LogP contribution in [-0.2, 0) is 12.8 Å². The molecule has 0 aromatic heterocycles. The zero-order chi connectivity index (χ0) is 14.4. The van der Waals surface area contributed by atoms with Gasteiger partial charge < -0.3 is 5.11 Å². The second kappa shape index (κ2) is 6.82. The van der Waals surface area contributed by atoms with Gasteiger partial charge >= 0.3 is 0 Å². The van der Waals surface area contributed by atoms with Crippen LogP contribution in [0.5, 0.6) is 0 Å². The van der Waals surface area contributed by atoms with Gasteiger partial charge in [0.25, 0.3) is 5.69 Å². The number of benzene rings is 2. The first-order valence-electron chi connectivity index (χ1n) is 6.61. The lowest BCUT2D eigenvalue weighted by molar-refractivity contribution is -0.385. The third-order valence-electron chi connectivity index (χ3n) is 3.25. The van der Waals surface area contributed by atoms with Gasteiger partial charge in [0.05, 0.1) is 11.0 Å². The lowest BCUT2D eigenvalue weighted by atomic mass is 10.0. The first-order valence-corrected chi connectivity index (χ1v) is 6.61. The number of aryl methyl sites for hydroxylation is 1. The van der Waals surface area contributed by atoms with Gasteiger partial charge in [0, 0.05) is 18.1 Å². The number of aliphatic hydroxyl groups excluding tert-OH is 1. The SMILES string of the molecule is O=[N+]([O-])c1ccccc1CC(O)CCc1ccccc1.